The number of halogens is 2. The molecule has 38 heavy (non-hydrogen) atoms. The molecule has 1 aromatic heterocycles. The van der Waals surface area contributed by atoms with E-state index in [-0.39, 0.29) is 5.69 Å². The van der Waals surface area contributed by atoms with E-state index in [0.29, 0.717) is 40.9 Å². The minimum absolute atomic E-state index is 0.136. The second-order valence-electron chi connectivity index (χ2n) is 8.02. The average molecular weight is 522 g/mol. The molecule has 3 aromatic carbocycles. The third-order valence-electron chi connectivity index (χ3n) is 5.40. The van der Waals surface area contributed by atoms with Gasteiger partial charge in [0.2, 0.25) is 5.75 Å². The number of benzene rings is 3. The van der Waals surface area contributed by atoms with Crippen LogP contribution in [-0.4, -0.2) is 37.3 Å². The van der Waals surface area contributed by atoms with E-state index in [1.807, 2.05) is 12.1 Å². The number of urea groups is 1. The lowest BCUT2D eigenvalue weighted by Gasteiger charge is -2.15. The zero-order valence-corrected chi connectivity index (χ0v) is 20.8. The van der Waals surface area contributed by atoms with Gasteiger partial charge in [-0.3, -0.25) is 4.98 Å². The first-order valence-corrected chi connectivity index (χ1v) is 11.4. The Bertz CT molecular complexity index is 1410. The minimum atomic E-state index is -1.04. The number of carbonyl (C=O) groups excluding carboxylic acids is 1. The van der Waals surface area contributed by atoms with Crippen molar-refractivity contribution in [2.75, 3.05) is 37.3 Å². The fraction of sp³-hybridized carbons (Fsp3) is 0.148. The van der Waals surface area contributed by atoms with Crippen molar-refractivity contribution in [3.05, 3.63) is 89.9 Å². The van der Waals surface area contributed by atoms with E-state index in [1.165, 1.54) is 13.2 Å². The van der Waals surface area contributed by atoms with Gasteiger partial charge in [0.1, 0.15) is 5.82 Å². The van der Waals surface area contributed by atoms with Crippen LogP contribution in [0.15, 0.2) is 67.0 Å². The lowest BCUT2D eigenvalue weighted by atomic mass is 10.1. The van der Waals surface area contributed by atoms with E-state index in [0.717, 1.165) is 23.4 Å². The fourth-order valence-corrected chi connectivity index (χ4v) is 3.64. The van der Waals surface area contributed by atoms with Crippen molar-refractivity contribution in [2.24, 2.45) is 0 Å². The van der Waals surface area contributed by atoms with E-state index in [9.17, 15) is 13.6 Å². The monoisotopic (exact) mass is 521 g/mol. The summed E-state index contributed by atoms with van der Waals surface area (Å²) in [7, 11) is 4.62. The summed E-state index contributed by atoms with van der Waals surface area (Å²) in [5.74, 6) is -0.00260. The Morgan fingerprint density at radius 2 is 1.45 bits per heavy atom. The Morgan fingerprint density at radius 1 is 0.789 bits per heavy atom. The highest BCUT2D eigenvalue weighted by Crippen LogP contribution is 2.40. The van der Waals surface area contributed by atoms with Gasteiger partial charge in [-0.2, -0.15) is 0 Å². The summed E-state index contributed by atoms with van der Waals surface area (Å²) in [6.45, 7) is 0. The van der Waals surface area contributed by atoms with Crippen molar-refractivity contribution in [3.63, 3.8) is 0 Å². The fourth-order valence-electron chi connectivity index (χ4n) is 3.64. The number of rotatable bonds is 9. The quantitative estimate of drug-likeness (QED) is 0.257. The molecular formula is C27H25F2N5O4. The molecule has 0 aliphatic rings. The van der Waals surface area contributed by atoms with Gasteiger partial charge in [0.25, 0.3) is 0 Å². The molecule has 0 aliphatic carbocycles. The van der Waals surface area contributed by atoms with Crippen LogP contribution in [0.2, 0.25) is 0 Å². The number of nitrogens with one attached hydrogen (secondary N) is 3. The number of aromatic nitrogens is 2. The highest BCUT2D eigenvalue weighted by atomic mass is 19.2. The Hall–Kier alpha value is -4.93. The molecule has 0 bridgehead atoms. The second-order valence-corrected chi connectivity index (χ2v) is 8.02. The van der Waals surface area contributed by atoms with Gasteiger partial charge in [-0.05, 0) is 29.8 Å². The van der Waals surface area contributed by atoms with Gasteiger partial charge in [0.05, 0.1) is 33.2 Å². The summed E-state index contributed by atoms with van der Waals surface area (Å²) >= 11 is 0. The molecule has 4 rings (SSSR count). The summed E-state index contributed by atoms with van der Waals surface area (Å²) in [6.07, 6.45) is 3.77. The van der Waals surface area contributed by atoms with Crippen molar-refractivity contribution in [3.8, 4) is 17.2 Å². The number of ether oxygens (including phenoxy) is 3. The van der Waals surface area contributed by atoms with E-state index in [4.69, 9.17) is 14.2 Å². The molecule has 0 fully saturated rings. The number of anilines is 4. The second kappa shape index (κ2) is 11.9. The van der Waals surface area contributed by atoms with E-state index in [1.54, 1.807) is 50.9 Å². The highest BCUT2D eigenvalue weighted by molar-refractivity contribution is 5.99. The number of nitrogens with zero attached hydrogens (tertiary/aromatic N) is 2. The van der Waals surface area contributed by atoms with Crippen LogP contribution >= 0.6 is 0 Å². The highest BCUT2D eigenvalue weighted by Gasteiger charge is 2.14. The standard InChI is InChI=1S/C27H25F2N5O4/c1-36-23-12-19(13-24(37-2)26(23)38-3)31-25-15-30-14-20(32-25)10-16-4-6-17(7-5-16)33-27(35)34-18-8-9-21(28)22(29)11-18/h4-9,11-15H,10H2,1-3H3,(H,31,32)(H2,33,34,35). The van der Waals surface area contributed by atoms with Crippen LogP contribution in [0.4, 0.5) is 36.5 Å². The van der Waals surface area contributed by atoms with Crippen molar-refractivity contribution in [1.29, 1.82) is 0 Å². The zero-order valence-electron chi connectivity index (χ0n) is 20.8. The summed E-state index contributed by atoms with van der Waals surface area (Å²) in [6, 6.07) is 13.2. The Morgan fingerprint density at radius 3 is 2.08 bits per heavy atom. The molecule has 11 heteroatoms. The zero-order chi connectivity index (χ0) is 27.1. The smallest absolute Gasteiger partial charge is 0.323 e. The van der Waals surface area contributed by atoms with E-state index < -0.39 is 17.7 Å². The predicted molar refractivity (Wildman–Crippen MR) is 140 cm³/mol. The van der Waals surface area contributed by atoms with Crippen LogP contribution in [0, 0.1) is 11.6 Å². The third-order valence-corrected chi connectivity index (χ3v) is 5.40. The molecule has 0 saturated heterocycles. The molecular weight excluding hydrogens is 496 g/mol. The van der Waals surface area contributed by atoms with Gasteiger partial charge in [-0.25, -0.2) is 18.6 Å². The van der Waals surface area contributed by atoms with Gasteiger partial charge in [-0.1, -0.05) is 12.1 Å². The van der Waals surface area contributed by atoms with Crippen LogP contribution in [0.1, 0.15) is 11.3 Å². The summed E-state index contributed by atoms with van der Waals surface area (Å²) < 4.78 is 42.5. The molecule has 0 spiro atoms. The lowest BCUT2D eigenvalue weighted by molar-refractivity contribution is 0.262. The van der Waals surface area contributed by atoms with Gasteiger partial charge in [0, 0.05) is 47.9 Å². The van der Waals surface area contributed by atoms with Crippen LogP contribution in [0.5, 0.6) is 17.2 Å². The first-order valence-electron chi connectivity index (χ1n) is 11.4. The van der Waals surface area contributed by atoms with Crippen LogP contribution in [0.3, 0.4) is 0 Å². The first kappa shape index (κ1) is 26.1. The minimum Gasteiger partial charge on any atom is -0.493 e. The number of amides is 2. The van der Waals surface area contributed by atoms with E-state index in [2.05, 4.69) is 25.9 Å². The van der Waals surface area contributed by atoms with Crippen LogP contribution < -0.4 is 30.2 Å². The Labute approximate surface area is 217 Å². The number of carbonyl (C=O) groups is 1. The van der Waals surface area contributed by atoms with Gasteiger partial charge < -0.3 is 30.2 Å². The third kappa shape index (κ3) is 6.44. The summed E-state index contributed by atoms with van der Waals surface area (Å²) in [4.78, 5) is 21.1. The molecule has 0 aliphatic heterocycles. The molecule has 0 radical (unpaired) electrons. The number of methoxy groups -OCH3 is 3. The molecule has 0 atom stereocenters. The molecule has 196 valence electrons. The maximum atomic E-state index is 13.3. The van der Waals surface area contributed by atoms with Crippen LogP contribution in [-0.2, 0) is 6.42 Å². The molecule has 0 saturated carbocycles. The van der Waals surface area contributed by atoms with Crippen molar-refractivity contribution < 1.29 is 27.8 Å². The van der Waals surface area contributed by atoms with E-state index >= 15 is 0 Å². The normalized spacial score (nSPS) is 10.4. The summed E-state index contributed by atoms with van der Waals surface area (Å²) in [5, 5.41) is 8.30. The van der Waals surface area contributed by atoms with Gasteiger partial charge in [0.15, 0.2) is 23.1 Å². The van der Waals surface area contributed by atoms with Crippen molar-refractivity contribution >= 4 is 28.9 Å². The average Bonchev–Trinajstić information content (AvgIpc) is 2.91. The lowest BCUT2D eigenvalue weighted by Crippen LogP contribution is -2.19. The SMILES string of the molecule is COc1cc(Nc2cncc(Cc3ccc(NC(=O)Nc4ccc(F)c(F)c4)cc3)n2)cc(OC)c1OC. The Kier molecular flexibility index (Phi) is 8.17. The molecule has 9 nitrogen and oxygen atoms in total. The molecule has 2 amide bonds. The molecule has 3 N–H and O–H groups in total. The van der Waals surface area contributed by atoms with Crippen molar-refractivity contribution in [2.45, 2.75) is 6.42 Å². The summed E-state index contributed by atoms with van der Waals surface area (Å²) in [5.41, 5.74) is 3.01. The van der Waals surface area contributed by atoms with Crippen molar-refractivity contribution in [1.82, 2.24) is 9.97 Å². The maximum Gasteiger partial charge on any atom is 0.323 e. The molecule has 1 heterocycles. The topological polar surface area (TPSA) is 107 Å². The maximum absolute atomic E-state index is 13.3. The van der Waals surface area contributed by atoms with Gasteiger partial charge >= 0.3 is 6.03 Å². The van der Waals surface area contributed by atoms with Crippen LogP contribution in [0.25, 0.3) is 0 Å². The molecule has 4 aromatic rings. The molecule has 0 unspecified atom stereocenters. The number of hydrogen-bond donors (Lipinski definition) is 3. The first-order chi connectivity index (χ1) is 18.4. The number of hydrogen-bond acceptors (Lipinski definition) is 7. The largest absolute Gasteiger partial charge is 0.493 e. The predicted octanol–water partition coefficient (Wildman–Crippen LogP) is 5.76. The van der Waals surface area contributed by atoms with Gasteiger partial charge in [-0.15, -0.1) is 0 Å². The Balaban J connectivity index is 1.39.